The molecule has 1 nitrogen and oxygen atoms in total. The van der Waals surface area contributed by atoms with Crippen molar-refractivity contribution in [3.63, 3.8) is 0 Å². The Kier molecular flexibility index (Phi) is 2.43. The summed E-state index contributed by atoms with van der Waals surface area (Å²) in [5, 5.41) is -0.432. The van der Waals surface area contributed by atoms with Crippen molar-refractivity contribution in [2.24, 2.45) is 0 Å². The first kappa shape index (κ1) is 10.2. The zero-order chi connectivity index (χ0) is 10.2. The quantitative estimate of drug-likeness (QED) is 0.652. The number of nitrogens with two attached hydrogens (primary N) is 1. The smallest absolute Gasteiger partial charge is 0.398 e. The normalized spacial score (nSPS) is 11.8. The lowest BCUT2D eigenvalue weighted by Gasteiger charge is -2.11. The lowest BCUT2D eigenvalue weighted by atomic mass is 10.1. The van der Waals surface area contributed by atoms with Crippen LogP contribution in [0.1, 0.15) is 11.1 Å². The summed E-state index contributed by atoms with van der Waals surface area (Å²) in [4.78, 5) is 0. The van der Waals surface area contributed by atoms with Crippen LogP contribution in [0, 0.1) is 6.92 Å². The zero-order valence-corrected chi connectivity index (χ0v) is 7.50. The molecule has 72 valence electrons. The Morgan fingerprint density at radius 2 is 1.85 bits per heavy atom. The number of hydrogen-bond acceptors (Lipinski definition) is 1. The monoisotopic (exact) mass is 209 g/mol. The summed E-state index contributed by atoms with van der Waals surface area (Å²) >= 11 is 5.40. The number of nitrogen functional groups attached to an aromatic ring is 1. The molecule has 1 rings (SSSR count). The van der Waals surface area contributed by atoms with Gasteiger partial charge in [0.2, 0.25) is 0 Å². The molecule has 0 atom stereocenters. The summed E-state index contributed by atoms with van der Waals surface area (Å²) in [7, 11) is 0. The maximum Gasteiger partial charge on any atom is 0.417 e. The van der Waals surface area contributed by atoms with E-state index in [1.807, 2.05) is 0 Å². The molecule has 0 aliphatic carbocycles. The third-order valence-corrected chi connectivity index (χ3v) is 1.97. The fourth-order valence-corrected chi connectivity index (χ4v) is 1.22. The molecule has 2 N–H and O–H groups in total. The second-order valence-electron chi connectivity index (χ2n) is 2.71. The molecule has 1 aromatic carbocycles. The maximum absolute atomic E-state index is 12.3. The molecule has 0 spiro atoms. The molecular weight excluding hydrogens is 203 g/mol. The first-order valence-corrected chi connectivity index (χ1v) is 3.83. The molecule has 0 amide bonds. The third-order valence-electron chi connectivity index (χ3n) is 1.55. The van der Waals surface area contributed by atoms with E-state index in [0.717, 1.165) is 6.07 Å². The fraction of sp³-hybridized carbons (Fsp3) is 0.250. The van der Waals surface area contributed by atoms with Gasteiger partial charge in [0.05, 0.1) is 16.3 Å². The summed E-state index contributed by atoms with van der Waals surface area (Å²) in [6, 6.07) is 2.37. The summed E-state index contributed by atoms with van der Waals surface area (Å²) in [6.45, 7) is 1.53. The third kappa shape index (κ3) is 2.06. The van der Waals surface area contributed by atoms with E-state index in [-0.39, 0.29) is 5.69 Å². The Labute approximate surface area is 78.3 Å². The van der Waals surface area contributed by atoms with Crippen molar-refractivity contribution in [2.75, 3.05) is 5.73 Å². The number of alkyl halides is 3. The number of aryl methyl sites for hydroxylation is 1. The van der Waals surface area contributed by atoms with Gasteiger partial charge in [0.1, 0.15) is 0 Å². The summed E-state index contributed by atoms with van der Waals surface area (Å²) < 4.78 is 36.8. The lowest BCUT2D eigenvalue weighted by molar-refractivity contribution is -0.137. The molecular formula is C8H7ClF3N. The van der Waals surface area contributed by atoms with Crippen molar-refractivity contribution in [3.05, 3.63) is 28.3 Å². The Hall–Kier alpha value is -0.900. The number of halogens is 4. The van der Waals surface area contributed by atoms with Gasteiger partial charge in [-0.1, -0.05) is 11.6 Å². The van der Waals surface area contributed by atoms with E-state index in [0.29, 0.717) is 5.56 Å². The standard InChI is InChI=1S/C8H7ClF3N/c1-4-2-5(8(10,11)12)7(9)6(13)3-4/h2-3H,13H2,1H3. The molecule has 5 heteroatoms. The highest BCUT2D eigenvalue weighted by atomic mass is 35.5. The zero-order valence-electron chi connectivity index (χ0n) is 6.74. The van der Waals surface area contributed by atoms with Gasteiger partial charge in [-0.3, -0.25) is 0 Å². The summed E-state index contributed by atoms with van der Waals surface area (Å²) in [6.07, 6.45) is -4.45. The lowest BCUT2D eigenvalue weighted by Crippen LogP contribution is -2.07. The van der Waals surface area contributed by atoms with Gasteiger partial charge in [0, 0.05) is 0 Å². The van der Waals surface area contributed by atoms with Crippen LogP contribution < -0.4 is 5.73 Å². The van der Waals surface area contributed by atoms with Crippen molar-refractivity contribution in [1.29, 1.82) is 0 Å². The highest BCUT2D eigenvalue weighted by molar-refractivity contribution is 6.33. The van der Waals surface area contributed by atoms with Crippen molar-refractivity contribution in [3.8, 4) is 0 Å². The van der Waals surface area contributed by atoms with Gasteiger partial charge < -0.3 is 5.73 Å². The van der Waals surface area contributed by atoms with Gasteiger partial charge in [-0.2, -0.15) is 13.2 Å². The van der Waals surface area contributed by atoms with Crippen molar-refractivity contribution >= 4 is 17.3 Å². The molecule has 0 aliphatic heterocycles. The van der Waals surface area contributed by atoms with Gasteiger partial charge >= 0.3 is 6.18 Å². The van der Waals surface area contributed by atoms with E-state index in [1.165, 1.54) is 13.0 Å². The molecule has 0 unspecified atom stereocenters. The maximum atomic E-state index is 12.3. The van der Waals surface area contributed by atoms with E-state index in [1.54, 1.807) is 0 Å². The number of hydrogen-bond donors (Lipinski definition) is 1. The van der Waals surface area contributed by atoms with E-state index < -0.39 is 16.8 Å². The van der Waals surface area contributed by atoms with Crippen molar-refractivity contribution in [2.45, 2.75) is 13.1 Å². The predicted octanol–water partition coefficient (Wildman–Crippen LogP) is 3.25. The average molecular weight is 210 g/mol. The summed E-state index contributed by atoms with van der Waals surface area (Å²) in [5.41, 5.74) is 4.80. The van der Waals surface area contributed by atoms with Gasteiger partial charge in [0.25, 0.3) is 0 Å². The average Bonchev–Trinajstić information content (AvgIpc) is 1.94. The first-order chi connectivity index (χ1) is 5.82. The van der Waals surface area contributed by atoms with E-state index in [9.17, 15) is 13.2 Å². The SMILES string of the molecule is Cc1cc(N)c(Cl)c(C(F)(F)F)c1. The topological polar surface area (TPSA) is 26.0 Å². The van der Waals surface area contributed by atoms with Crippen LogP contribution in [0.3, 0.4) is 0 Å². The molecule has 1 aromatic rings. The number of anilines is 1. The minimum atomic E-state index is -4.45. The van der Waals surface area contributed by atoms with Crippen LogP contribution >= 0.6 is 11.6 Å². The molecule has 0 saturated carbocycles. The Morgan fingerprint density at radius 1 is 1.31 bits per heavy atom. The van der Waals surface area contributed by atoms with Crippen LogP contribution in [0.15, 0.2) is 12.1 Å². The molecule has 0 bridgehead atoms. The Morgan fingerprint density at radius 3 is 2.31 bits per heavy atom. The van der Waals surface area contributed by atoms with E-state index >= 15 is 0 Å². The Balaban J connectivity index is 3.37. The minimum Gasteiger partial charge on any atom is -0.398 e. The van der Waals surface area contributed by atoms with Crippen molar-refractivity contribution in [1.82, 2.24) is 0 Å². The fourth-order valence-electron chi connectivity index (χ4n) is 1.00. The van der Waals surface area contributed by atoms with E-state index in [2.05, 4.69) is 0 Å². The second kappa shape index (κ2) is 3.10. The Bertz CT molecular complexity index is 333. The van der Waals surface area contributed by atoms with Gasteiger partial charge in [0.15, 0.2) is 0 Å². The van der Waals surface area contributed by atoms with Crippen LogP contribution in [-0.2, 0) is 6.18 Å². The van der Waals surface area contributed by atoms with Crippen molar-refractivity contribution < 1.29 is 13.2 Å². The molecule has 0 aliphatic rings. The van der Waals surface area contributed by atoms with E-state index in [4.69, 9.17) is 17.3 Å². The van der Waals surface area contributed by atoms with Gasteiger partial charge in [-0.05, 0) is 24.6 Å². The molecule has 0 aromatic heterocycles. The molecule has 13 heavy (non-hydrogen) atoms. The van der Waals surface area contributed by atoms with Crippen LogP contribution in [0.25, 0.3) is 0 Å². The molecule has 0 heterocycles. The van der Waals surface area contributed by atoms with Crippen LogP contribution in [0.2, 0.25) is 5.02 Å². The van der Waals surface area contributed by atoms with Crippen LogP contribution in [-0.4, -0.2) is 0 Å². The van der Waals surface area contributed by atoms with Crippen LogP contribution in [0.5, 0.6) is 0 Å². The van der Waals surface area contributed by atoms with Gasteiger partial charge in [-0.25, -0.2) is 0 Å². The first-order valence-electron chi connectivity index (χ1n) is 3.45. The predicted molar refractivity (Wildman–Crippen MR) is 45.6 cm³/mol. The highest BCUT2D eigenvalue weighted by Gasteiger charge is 2.34. The van der Waals surface area contributed by atoms with Crippen LogP contribution in [0.4, 0.5) is 18.9 Å². The second-order valence-corrected chi connectivity index (χ2v) is 3.09. The molecule has 0 radical (unpaired) electrons. The highest BCUT2D eigenvalue weighted by Crippen LogP contribution is 2.37. The van der Waals surface area contributed by atoms with Gasteiger partial charge in [-0.15, -0.1) is 0 Å². The molecule has 0 fully saturated rings. The number of rotatable bonds is 0. The summed E-state index contributed by atoms with van der Waals surface area (Å²) in [5.74, 6) is 0. The minimum absolute atomic E-state index is 0.0472. The largest absolute Gasteiger partial charge is 0.417 e. The number of benzene rings is 1. The molecule has 0 saturated heterocycles.